The van der Waals surface area contributed by atoms with E-state index in [1.165, 1.54) is 50.5 Å². The van der Waals surface area contributed by atoms with E-state index in [1.54, 1.807) is 11.6 Å². The highest BCUT2D eigenvalue weighted by atomic mass is 16.5. The van der Waals surface area contributed by atoms with Crippen molar-refractivity contribution in [1.29, 1.82) is 0 Å². The first-order valence-electron chi connectivity index (χ1n) is 12.2. The van der Waals surface area contributed by atoms with Crippen LogP contribution in [-0.4, -0.2) is 32.5 Å². The Labute approximate surface area is 205 Å². The molecular weight excluding hydrogens is 436 g/mol. The van der Waals surface area contributed by atoms with Crippen molar-refractivity contribution in [2.45, 2.75) is 45.7 Å². The Hall–Kier alpha value is -3.61. The maximum atomic E-state index is 11.4. The predicted octanol–water partition coefficient (Wildman–Crippen LogP) is 5.36. The Morgan fingerprint density at radius 2 is 2.03 bits per heavy atom. The van der Waals surface area contributed by atoms with E-state index in [2.05, 4.69) is 83.6 Å². The summed E-state index contributed by atoms with van der Waals surface area (Å²) in [7, 11) is 0. The molecule has 180 valence electrons. The second kappa shape index (κ2) is 9.94. The van der Waals surface area contributed by atoms with Crippen LogP contribution in [0.5, 0.6) is 0 Å². The van der Waals surface area contributed by atoms with Crippen LogP contribution in [0.4, 0.5) is 0 Å². The lowest BCUT2D eigenvalue weighted by Crippen LogP contribution is -2.29. The topological polar surface area (TPSA) is 84.2 Å². The van der Waals surface area contributed by atoms with Crippen molar-refractivity contribution in [3.63, 3.8) is 0 Å². The second-order valence-electron chi connectivity index (χ2n) is 9.48. The molecule has 1 aliphatic rings. The summed E-state index contributed by atoms with van der Waals surface area (Å²) in [5.74, 6) is -0.524. The summed E-state index contributed by atoms with van der Waals surface area (Å²) < 4.78 is 0. The number of aromatic amines is 2. The molecule has 1 amide bonds. The number of H-pyrrole nitrogens is 2. The van der Waals surface area contributed by atoms with Gasteiger partial charge in [0.25, 0.3) is 5.91 Å². The minimum Gasteiger partial charge on any atom is -0.365 e. The van der Waals surface area contributed by atoms with Crippen LogP contribution in [-0.2, 0) is 24.2 Å². The Kier molecular flexibility index (Phi) is 6.57. The SMILES string of the molecule is Cc1c[nH]c(C)c1CN(CCc1c[nH]c2ccccc12)C1CCc2cc(C=CC(=O)NO)ccc21. The monoisotopic (exact) mass is 468 g/mol. The van der Waals surface area contributed by atoms with Crippen LogP contribution in [0.25, 0.3) is 17.0 Å². The molecular formula is C29H32N4O2. The summed E-state index contributed by atoms with van der Waals surface area (Å²) in [5, 5.41) is 10.0. The van der Waals surface area contributed by atoms with Gasteiger partial charge in [-0.25, -0.2) is 5.48 Å². The van der Waals surface area contributed by atoms with Crippen molar-refractivity contribution in [2.75, 3.05) is 6.54 Å². The van der Waals surface area contributed by atoms with Gasteiger partial charge in [-0.1, -0.05) is 36.4 Å². The van der Waals surface area contributed by atoms with Crippen molar-refractivity contribution in [3.05, 3.63) is 100 Å². The van der Waals surface area contributed by atoms with E-state index in [1.807, 2.05) is 0 Å². The Bertz CT molecular complexity index is 1360. The number of carbonyl (C=O) groups excluding carboxylic acids is 1. The smallest absolute Gasteiger partial charge is 0.267 e. The molecule has 1 atom stereocenters. The normalized spacial score (nSPS) is 15.4. The van der Waals surface area contributed by atoms with Gasteiger partial charge in [0.2, 0.25) is 0 Å². The Balaban J connectivity index is 1.41. The van der Waals surface area contributed by atoms with Gasteiger partial charge in [-0.15, -0.1) is 0 Å². The van der Waals surface area contributed by atoms with Crippen LogP contribution >= 0.6 is 0 Å². The molecule has 0 saturated carbocycles. The zero-order chi connectivity index (χ0) is 24.4. The standard InChI is InChI=1S/C29H32N4O2/c1-19-16-30-20(2)26(19)18-33(14-13-23-17-31-27-6-4-3-5-24(23)27)28-11-9-22-15-21(7-10-25(22)28)8-12-29(34)32-35/h3-8,10,12,15-17,28,30-31,35H,9,11,13-14,18H2,1-2H3,(H,32,34). The van der Waals surface area contributed by atoms with Gasteiger partial charge in [-0.2, -0.15) is 0 Å². The average molecular weight is 469 g/mol. The highest BCUT2D eigenvalue weighted by molar-refractivity contribution is 5.90. The molecule has 4 N–H and O–H groups in total. The number of para-hydroxylation sites is 1. The summed E-state index contributed by atoms with van der Waals surface area (Å²) in [4.78, 5) is 20.8. The third-order valence-corrected chi connectivity index (χ3v) is 7.33. The van der Waals surface area contributed by atoms with Crippen LogP contribution < -0.4 is 5.48 Å². The van der Waals surface area contributed by atoms with E-state index in [-0.39, 0.29) is 0 Å². The summed E-state index contributed by atoms with van der Waals surface area (Å²) >= 11 is 0. The molecule has 0 bridgehead atoms. The summed E-state index contributed by atoms with van der Waals surface area (Å²) in [6, 6.07) is 15.3. The van der Waals surface area contributed by atoms with Gasteiger partial charge in [0.05, 0.1) is 0 Å². The van der Waals surface area contributed by atoms with Crippen LogP contribution in [0.3, 0.4) is 0 Å². The maximum absolute atomic E-state index is 11.4. The molecule has 0 fully saturated rings. The second-order valence-corrected chi connectivity index (χ2v) is 9.48. The maximum Gasteiger partial charge on any atom is 0.267 e. The molecule has 4 aromatic rings. The average Bonchev–Trinajstić information content (AvgIpc) is 3.57. The molecule has 2 aromatic carbocycles. The highest BCUT2D eigenvalue weighted by Gasteiger charge is 2.29. The molecule has 1 unspecified atom stereocenters. The highest BCUT2D eigenvalue weighted by Crippen LogP contribution is 2.38. The number of aromatic nitrogens is 2. The van der Waals surface area contributed by atoms with Gasteiger partial charge >= 0.3 is 0 Å². The summed E-state index contributed by atoms with van der Waals surface area (Å²) in [6.07, 6.45) is 10.4. The molecule has 2 heterocycles. The number of rotatable bonds is 8. The number of fused-ring (bicyclic) bond motifs is 2. The quantitative estimate of drug-likeness (QED) is 0.159. The van der Waals surface area contributed by atoms with Crippen LogP contribution in [0.1, 0.15) is 51.5 Å². The van der Waals surface area contributed by atoms with Gasteiger partial charge in [0.1, 0.15) is 0 Å². The van der Waals surface area contributed by atoms with Crippen LogP contribution in [0.15, 0.2) is 60.9 Å². The molecule has 0 spiro atoms. The van der Waals surface area contributed by atoms with Crippen LogP contribution in [0, 0.1) is 13.8 Å². The third kappa shape index (κ3) is 4.81. The van der Waals surface area contributed by atoms with Crippen molar-refractivity contribution in [1.82, 2.24) is 20.3 Å². The number of carbonyl (C=O) groups is 1. The zero-order valence-corrected chi connectivity index (χ0v) is 20.3. The largest absolute Gasteiger partial charge is 0.365 e. The number of aryl methyl sites for hydroxylation is 3. The number of nitrogens with zero attached hydrogens (tertiary/aromatic N) is 1. The molecule has 1 aliphatic carbocycles. The lowest BCUT2D eigenvalue weighted by Gasteiger charge is -2.30. The summed E-state index contributed by atoms with van der Waals surface area (Å²) in [5.41, 5.74) is 11.8. The van der Waals surface area contributed by atoms with Gasteiger partial charge in [0, 0.05) is 54.2 Å². The van der Waals surface area contributed by atoms with E-state index < -0.39 is 5.91 Å². The first-order chi connectivity index (χ1) is 17.0. The lowest BCUT2D eigenvalue weighted by atomic mass is 10.0. The van der Waals surface area contributed by atoms with Crippen molar-refractivity contribution >= 4 is 22.9 Å². The van der Waals surface area contributed by atoms with Crippen LogP contribution in [0.2, 0.25) is 0 Å². The van der Waals surface area contributed by atoms with Crippen molar-refractivity contribution in [2.24, 2.45) is 0 Å². The fourth-order valence-electron chi connectivity index (χ4n) is 5.39. The number of hydroxylamine groups is 1. The fourth-order valence-corrected chi connectivity index (χ4v) is 5.39. The minimum atomic E-state index is -0.524. The molecule has 5 rings (SSSR count). The number of hydrogen-bond acceptors (Lipinski definition) is 3. The number of benzene rings is 2. The summed E-state index contributed by atoms with van der Waals surface area (Å²) in [6.45, 7) is 6.21. The van der Waals surface area contributed by atoms with E-state index in [4.69, 9.17) is 5.21 Å². The number of amides is 1. The lowest BCUT2D eigenvalue weighted by molar-refractivity contribution is -0.124. The molecule has 35 heavy (non-hydrogen) atoms. The van der Waals surface area contributed by atoms with Gasteiger partial charge < -0.3 is 9.97 Å². The van der Waals surface area contributed by atoms with Gasteiger partial charge in [-0.3, -0.25) is 14.9 Å². The van der Waals surface area contributed by atoms with Crippen molar-refractivity contribution < 1.29 is 10.0 Å². The Morgan fingerprint density at radius 1 is 1.17 bits per heavy atom. The molecule has 6 nitrogen and oxygen atoms in total. The Morgan fingerprint density at radius 3 is 2.83 bits per heavy atom. The minimum absolute atomic E-state index is 0.350. The first kappa shape index (κ1) is 23.1. The zero-order valence-electron chi connectivity index (χ0n) is 20.3. The molecule has 0 radical (unpaired) electrons. The molecule has 0 saturated heterocycles. The third-order valence-electron chi connectivity index (χ3n) is 7.33. The molecule has 6 heteroatoms. The fraction of sp³-hybridized carbons (Fsp3) is 0.276. The number of hydrogen-bond donors (Lipinski definition) is 4. The molecule has 0 aliphatic heterocycles. The van der Waals surface area contributed by atoms with E-state index in [0.717, 1.165) is 37.9 Å². The predicted molar refractivity (Wildman–Crippen MR) is 139 cm³/mol. The van der Waals surface area contributed by atoms with E-state index in [9.17, 15) is 4.79 Å². The molecule has 2 aromatic heterocycles. The number of nitrogens with one attached hydrogen (secondary N) is 3. The van der Waals surface area contributed by atoms with Gasteiger partial charge in [-0.05, 0) is 78.6 Å². The van der Waals surface area contributed by atoms with Crippen molar-refractivity contribution in [3.8, 4) is 0 Å². The van der Waals surface area contributed by atoms with Gasteiger partial charge in [0.15, 0.2) is 0 Å². The van der Waals surface area contributed by atoms with E-state index >= 15 is 0 Å². The van der Waals surface area contributed by atoms with E-state index in [0.29, 0.717) is 6.04 Å². The first-order valence-corrected chi connectivity index (χ1v) is 12.2.